The Morgan fingerprint density at radius 1 is 1.21 bits per heavy atom. The molecule has 1 aliphatic carbocycles. The van der Waals surface area contributed by atoms with Gasteiger partial charge < -0.3 is 16.0 Å². The van der Waals surface area contributed by atoms with Gasteiger partial charge in [-0.25, -0.2) is 9.50 Å². The van der Waals surface area contributed by atoms with Crippen molar-refractivity contribution < 1.29 is 4.79 Å². The summed E-state index contributed by atoms with van der Waals surface area (Å²) in [6, 6.07) is 2.70. The van der Waals surface area contributed by atoms with Crippen molar-refractivity contribution >= 4 is 40.3 Å². The number of carbonyl (C=O) groups is 1. The Bertz CT molecular complexity index is 1070. The molecule has 2 aliphatic rings. The van der Waals surface area contributed by atoms with E-state index >= 15 is 0 Å². The summed E-state index contributed by atoms with van der Waals surface area (Å²) < 4.78 is 1.41. The summed E-state index contributed by atoms with van der Waals surface area (Å²) in [5, 5.41) is 7.48. The number of hydrogen-bond donors (Lipinski definition) is 2. The highest BCUT2D eigenvalue weighted by Crippen LogP contribution is 2.31. The smallest absolute Gasteiger partial charge is 0.263 e. The van der Waals surface area contributed by atoms with Gasteiger partial charge in [0.1, 0.15) is 5.56 Å². The number of nitrogens with two attached hydrogens (primary N) is 1. The van der Waals surface area contributed by atoms with E-state index in [-0.39, 0.29) is 17.3 Å². The number of carbonyl (C=O) groups excluding carboxylic acids is 1. The van der Waals surface area contributed by atoms with E-state index in [1.54, 1.807) is 18.6 Å². The van der Waals surface area contributed by atoms with E-state index in [0.29, 0.717) is 16.4 Å². The van der Waals surface area contributed by atoms with Crippen molar-refractivity contribution in [1.29, 1.82) is 0 Å². The van der Waals surface area contributed by atoms with Gasteiger partial charge in [-0.3, -0.25) is 14.7 Å². The number of fused-ring (bicyclic) bond motifs is 1. The van der Waals surface area contributed by atoms with E-state index in [4.69, 9.17) is 17.3 Å². The molecule has 2 fully saturated rings. The zero-order chi connectivity index (χ0) is 20.0. The average molecular weight is 413 g/mol. The number of nitrogen functional groups attached to an aromatic ring is 1. The number of hydrogen-bond acceptors (Lipinski definition) is 7. The van der Waals surface area contributed by atoms with Crippen LogP contribution in [0.1, 0.15) is 23.2 Å². The maximum atomic E-state index is 13.0. The maximum absolute atomic E-state index is 13.0. The number of amides is 1. The molecular weight excluding hydrogens is 392 g/mol. The fraction of sp³-hybridized carbons (Fsp3) is 0.368. The Hall–Kier alpha value is -2.91. The number of rotatable bonds is 4. The summed E-state index contributed by atoms with van der Waals surface area (Å²) in [5.41, 5.74) is 8.15. The number of anilines is 3. The van der Waals surface area contributed by atoms with Crippen molar-refractivity contribution in [3.8, 4) is 0 Å². The van der Waals surface area contributed by atoms with Gasteiger partial charge in [-0.2, -0.15) is 0 Å². The molecule has 3 aromatic rings. The molecule has 0 spiro atoms. The molecule has 9 nitrogen and oxygen atoms in total. The van der Waals surface area contributed by atoms with E-state index in [2.05, 4.69) is 30.2 Å². The van der Waals surface area contributed by atoms with Crippen LogP contribution < -0.4 is 16.0 Å². The maximum Gasteiger partial charge on any atom is 0.263 e. The van der Waals surface area contributed by atoms with Crippen molar-refractivity contribution in [1.82, 2.24) is 24.5 Å². The van der Waals surface area contributed by atoms with Crippen molar-refractivity contribution in [2.24, 2.45) is 0 Å². The fourth-order valence-corrected chi connectivity index (χ4v) is 4.00. The molecule has 0 unspecified atom stereocenters. The van der Waals surface area contributed by atoms with Gasteiger partial charge in [-0.05, 0) is 18.9 Å². The fourth-order valence-electron chi connectivity index (χ4n) is 3.86. The second-order valence-electron chi connectivity index (χ2n) is 7.40. The predicted octanol–water partition coefficient (Wildman–Crippen LogP) is 1.90. The molecule has 4 heterocycles. The van der Waals surface area contributed by atoms with Gasteiger partial charge in [0.2, 0.25) is 0 Å². The second-order valence-corrected chi connectivity index (χ2v) is 7.84. The van der Waals surface area contributed by atoms with Crippen LogP contribution >= 0.6 is 11.6 Å². The third kappa shape index (κ3) is 3.47. The molecule has 0 atom stereocenters. The summed E-state index contributed by atoms with van der Waals surface area (Å²) in [7, 11) is 0. The first kappa shape index (κ1) is 18.1. The van der Waals surface area contributed by atoms with Crippen LogP contribution in [0.25, 0.3) is 5.65 Å². The Labute approximate surface area is 172 Å². The van der Waals surface area contributed by atoms with E-state index < -0.39 is 0 Å². The van der Waals surface area contributed by atoms with E-state index in [0.717, 1.165) is 37.9 Å². The molecule has 5 rings (SSSR count). The van der Waals surface area contributed by atoms with Crippen LogP contribution in [0.2, 0.25) is 5.02 Å². The van der Waals surface area contributed by atoms with Crippen LogP contribution in [0.3, 0.4) is 0 Å². The first-order valence-corrected chi connectivity index (χ1v) is 10.0. The lowest BCUT2D eigenvalue weighted by Crippen LogP contribution is -2.47. The molecule has 1 amide bonds. The Kier molecular flexibility index (Phi) is 4.48. The molecule has 10 heteroatoms. The van der Waals surface area contributed by atoms with Gasteiger partial charge in [0.15, 0.2) is 11.5 Å². The standard InChI is InChI=1S/C19H21ClN8O/c20-12-9-23-18-16(17(21)25-28(18)11-12)19(29)24-14-10-22-4-3-15(14)27-7-5-26(6-8-27)13-1-2-13/h3-4,9-11,13H,1-2,5-8H2,(H2,21,25)(H,24,29). The lowest BCUT2D eigenvalue weighted by atomic mass is 10.2. The van der Waals surface area contributed by atoms with Gasteiger partial charge >= 0.3 is 0 Å². The normalized spacial score (nSPS) is 17.6. The first-order chi connectivity index (χ1) is 14.1. The number of halogens is 1. The summed E-state index contributed by atoms with van der Waals surface area (Å²) in [6.45, 7) is 3.91. The third-order valence-electron chi connectivity index (χ3n) is 5.46. The van der Waals surface area contributed by atoms with Crippen LogP contribution in [0.15, 0.2) is 30.9 Å². The second kappa shape index (κ2) is 7.16. The van der Waals surface area contributed by atoms with Gasteiger partial charge in [-0.1, -0.05) is 11.6 Å². The first-order valence-electron chi connectivity index (χ1n) is 9.64. The summed E-state index contributed by atoms with van der Waals surface area (Å²) >= 11 is 5.95. The molecule has 29 heavy (non-hydrogen) atoms. The Balaban J connectivity index is 1.39. The molecule has 150 valence electrons. The predicted molar refractivity (Wildman–Crippen MR) is 111 cm³/mol. The number of aromatic nitrogens is 4. The molecule has 0 radical (unpaired) electrons. The Morgan fingerprint density at radius 3 is 2.76 bits per heavy atom. The Morgan fingerprint density at radius 2 is 2.00 bits per heavy atom. The quantitative estimate of drug-likeness (QED) is 0.674. The van der Waals surface area contributed by atoms with Crippen LogP contribution in [0.4, 0.5) is 17.2 Å². The van der Waals surface area contributed by atoms with Gasteiger partial charge in [0.25, 0.3) is 5.91 Å². The number of nitrogens with one attached hydrogen (secondary N) is 1. The van der Waals surface area contributed by atoms with E-state index in [9.17, 15) is 4.79 Å². The van der Waals surface area contributed by atoms with E-state index in [1.807, 2.05) is 6.07 Å². The van der Waals surface area contributed by atoms with Crippen LogP contribution in [0.5, 0.6) is 0 Å². The third-order valence-corrected chi connectivity index (χ3v) is 5.65. The molecule has 0 aromatic carbocycles. The van der Waals surface area contributed by atoms with Crippen LogP contribution in [-0.2, 0) is 0 Å². The zero-order valence-electron chi connectivity index (χ0n) is 15.8. The molecule has 3 N–H and O–H groups in total. The molecule has 1 aliphatic heterocycles. The van der Waals surface area contributed by atoms with E-state index in [1.165, 1.54) is 23.6 Å². The number of piperazine rings is 1. The van der Waals surface area contributed by atoms with Gasteiger partial charge in [0.05, 0.1) is 28.8 Å². The topological polar surface area (TPSA) is 105 Å². The largest absolute Gasteiger partial charge is 0.381 e. The van der Waals surface area contributed by atoms with Crippen LogP contribution in [-0.4, -0.2) is 62.6 Å². The van der Waals surface area contributed by atoms with Crippen LogP contribution in [0, 0.1) is 0 Å². The molecule has 1 saturated carbocycles. The number of pyridine rings is 1. The molecular formula is C19H21ClN8O. The minimum absolute atomic E-state index is 0.0979. The summed E-state index contributed by atoms with van der Waals surface area (Å²) in [6.07, 6.45) is 9.06. The highest BCUT2D eigenvalue weighted by molar-refractivity contribution is 6.30. The minimum atomic E-state index is -0.377. The highest BCUT2D eigenvalue weighted by atomic mass is 35.5. The molecule has 3 aromatic heterocycles. The highest BCUT2D eigenvalue weighted by Gasteiger charge is 2.31. The van der Waals surface area contributed by atoms with Crippen molar-refractivity contribution in [2.75, 3.05) is 42.1 Å². The monoisotopic (exact) mass is 412 g/mol. The molecule has 1 saturated heterocycles. The lowest BCUT2D eigenvalue weighted by Gasteiger charge is -2.36. The van der Waals surface area contributed by atoms with Gasteiger partial charge in [-0.15, -0.1) is 5.10 Å². The molecule has 0 bridgehead atoms. The zero-order valence-corrected chi connectivity index (χ0v) is 16.5. The van der Waals surface area contributed by atoms with Crippen molar-refractivity contribution in [3.05, 3.63) is 41.4 Å². The lowest BCUT2D eigenvalue weighted by molar-refractivity contribution is 0.102. The van der Waals surface area contributed by atoms with Gasteiger partial charge in [0, 0.05) is 44.6 Å². The van der Waals surface area contributed by atoms with Crippen molar-refractivity contribution in [3.63, 3.8) is 0 Å². The van der Waals surface area contributed by atoms with Crippen molar-refractivity contribution in [2.45, 2.75) is 18.9 Å². The average Bonchev–Trinajstić information content (AvgIpc) is 3.51. The summed E-state index contributed by atoms with van der Waals surface area (Å²) in [5.74, 6) is -0.279. The minimum Gasteiger partial charge on any atom is -0.381 e. The number of nitrogens with zero attached hydrogens (tertiary/aromatic N) is 6. The summed E-state index contributed by atoms with van der Waals surface area (Å²) in [4.78, 5) is 26.2. The SMILES string of the molecule is Nc1nn2cc(Cl)cnc2c1C(=O)Nc1cnccc1N1CCN(C2CC2)CC1.